The molecule has 2 aromatic carbocycles. The summed E-state index contributed by atoms with van der Waals surface area (Å²) in [6, 6.07) is 18.6. The summed E-state index contributed by atoms with van der Waals surface area (Å²) in [5.41, 5.74) is 8.57. The molecule has 6 heteroatoms. The molecule has 0 unspecified atom stereocenters. The lowest BCUT2D eigenvalue weighted by atomic mass is 9.68. The molecule has 1 saturated carbocycles. The first kappa shape index (κ1) is 22.1. The van der Waals surface area contributed by atoms with Gasteiger partial charge in [0, 0.05) is 49.2 Å². The molecule has 4 rings (SSSR count). The van der Waals surface area contributed by atoms with Crippen molar-refractivity contribution in [1.29, 1.82) is 0 Å². The van der Waals surface area contributed by atoms with Crippen LogP contribution in [0.25, 0.3) is 0 Å². The summed E-state index contributed by atoms with van der Waals surface area (Å²) < 4.78 is 5.49. The fourth-order valence-electron chi connectivity index (χ4n) is 5.03. The highest BCUT2D eigenvalue weighted by Gasteiger charge is 2.38. The predicted molar refractivity (Wildman–Crippen MR) is 124 cm³/mol. The minimum atomic E-state index is -0.213. The Morgan fingerprint density at radius 1 is 1.03 bits per heavy atom. The van der Waals surface area contributed by atoms with Gasteiger partial charge in [-0.1, -0.05) is 54.1 Å². The molecule has 1 saturated heterocycles. The second-order valence-corrected chi connectivity index (χ2v) is 9.23. The molecule has 1 amide bonds. The van der Waals surface area contributed by atoms with Crippen molar-refractivity contribution >= 4 is 17.7 Å². The molecule has 2 N–H and O–H groups in total. The number of ether oxygens (including phenoxy) is 1. The van der Waals surface area contributed by atoms with Gasteiger partial charge in [-0.25, -0.2) is 4.79 Å². The van der Waals surface area contributed by atoms with E-state index in [9.17, 15) is 4.79 Å². The molecule has 5 nitrogen and oxygen atoms in total. The van der Waals surface area contributed by atoms with Crippen LogP contribution in [-0.4, -0.2) is 54.7 Å². The van der Waals surface area contributed by atoms with Crippen LogP contribution in [0, 0.1) is 0 Å². The van der Waals surface area contributed by atoms with Crippen LogP contribution in [0.1, 0.15) is 36.8 Å². The van der Waals surface area contributed by atoms with Gasteiger partial charge in [0.05, 0.1) is 0 Å². The molecule has 2 fully saturated rings. The molecule has 0 radical (unpaired) electrons. The van der Waals surface area contributed by atoms with Gasteiger partial charge in [-0.2, -0.15) is 0 Å². The molecule has 166 valence electrons. The average Bonchev–Trinajstić information content (AvgIpc) is 2.83. The number of piperazine rings is 1. The van der Waals surface area contributed by atoms with Crippen LogP contribution in [0.4, 0.5) is 4.79 Å². The molecular weight excluding hydrogens is 410 g/mol. The van der Waals surface area contributed by atoms with Gasteiger partial charge in [-0.3, -0.25) is 4.90 Å². The number of nitrogens with two attached hydrogens (primary N) is 1. The molecule has 2 aliphatic rings. The van der Waals surface area contributed by atoms with Crippen LogP contribution in [0.5, 0.6) is 0 Å². The Kier molecular flexibility index (Phi) is 7.16. The summed E-state index contributed by atoms with van der Waals surface area (Å²) in [7, 11) is 0. The van der Waals surface area contributed by atoms with E-state index < -0.39 is 0 Å². The van der Waals surface area contributed by atoms with Gasteiger partial charge in [0.2, 0.25) is 0 Å². The second kappa shape index (κ2) is 10.0. The standard InChI is InChI=1S/C25H32ClN3O2/c26-22-8-4-7-21(17-22)25(19-27)11-9-23(10-12-25)28-13-15-29(16-14-28)24(30)31-18-20-5-2-1-3-6-20/h1-8,17,23H,9-16,18-19,27H2. The zero-order valence-electron chi connectivity index (χ0n) is 18.0. The normalized spacial score (nSPS) is 24.7. The van der Waals surface area contributed by atoms with Crippen LogP contribution >= 0.6 is 11.6 Å². The van der Waals surface area contributed by atoms with Crippen molar-refractivity contribution in [1.82, 2.24) is 9.80 Å². The molecule has 0 spiro atoms. The zero-order valence-corrected chi connectivity index (χ0v) is 18.8. The maximum atomic E-state index is 12.4. The Labute approximate surface area is 190 Å². The Balaban J connectivity index is 1.26. The Bertz CT molecular complexity index is 860. The number of rotatable bonds is 5. The number of carbonyl (C=O) groups excluding carboxylic acids is 1. The third kappa shape index (κ3) is 5.22. The van der Waals surface area contributed by atoms with E-state index in [1.165, 1.54) is 5.56 Å². The SMILES string of the molecule is NCC1(c2cccc(Cl)c2)CCC(N2CCN(C(=O)OCc3ccccc3)CC2)CC1. The summed E-state index contributed by atoms with van der Waals surface area (Å²) in [5.74, 6) is 0. The van der Waals surface area contributed by atoms with Crippen LogP contribution in [0.3, 0.4) is 0 Å². The van der Waals surface area contributed by atoms with Gasteiger partial charge in [-0.15, -0.1) is 0 Å². The van der Waals surface area contributed by atoms with E-state index in [2.05, 4.69) is 17.0 Å². The smallest absolute Gasteiger partial charge is 0.410 e. The van der Waals surface area contributed by atoms with Gasteiger partial charge in [0.15, 0.2) is 0 Å². The Morgan fingerprint density at radius 2 is 1.74 bits per heavy atom. The summed E-state index contributed by atoms with van der Waals surface area (Å²) in [6.45, 7) is 4.23. The van der Waals surface area contributed by atoms with Gasteiger partial charge >= 0.3 is 6.09 Å². The zero-order chi connectivity index (χ0) is 21.7. The number of carbonyl (C=O) groups is 1. The lowest BCUT2D eigenvalue weighted by Crippen LogP contribution is -2.54. The van der Waals surface area contributed by atoms with Crippen molar-refractivity contribution in [3.05, 3.63) is 70.7 Å². The topological polar surface area (TPSA) is 58.8 Å². The fraction of sp³-hybridized carbons (Fsp3) is 0.480. The van der Waals surface area contributed by atoms with Gasteiger partial charge in [0.1, 0.15) is 6.61 Å². The van der Waals surface area contributed by atoms with Crippen molar-refractivity contribution in [2.24, 2.45) is 5.73 Å². The third-order valence-corrected chi connectivity index (χ3v) is 7.27. The number of benzene rings is 2. The first-order chi connectivity index (χ1) is 15.1. The number of hydrogen-bond donors (Lipinski definition) is 1. The molecule has 1 heterocycles. The molecule has 2 aromatic rings. The van der Waals surface area contributed by atoms with Gasteiger partial charge in [0.25, 0.3) is 0 Å². The van der Waals surface area contributed by atoms with Gasteiger partial charge in [-0.05, 0) is 48.9 Å². The van der Waals surface area contributed by atoms with Crippen LogP contribution in [0.15, 0.2) is 54.6 Å². The third-order valence-electron chi connectivity index (χ3n) is 7.03. The van der Waals surface area contributed by atoms with Crippen LogP contribution < -0.4 is 5.73 Å². The highest BCUT2D eigenvalue weighted by Crippen LogP contribution is 2.41. The second-order valence-electron chi connectivity index (χ2n) is 8.79. The van der Waals surface area contributed by atoms with E-state index in [-0.39, 0.29) is 11.5 Å². The number of hydrogen-bond acceptors (Lipinski definition) is 4. The number of halogens is 1. The first-order valence-electron chi connectivity index (χ1n) is 11.3. The lowest BCUT2D eigenvalue weighted by molar-refractivity contribution is 0.0468. The van der Waals surface area contributed by atoms with E-state index in [4.69, 9.17) is 22.1 Å². The van der Waals surface area contributed by atoms with Crippen molar-refractivity contribution in [2.75, 3.05) is 32.7 Å². The highest BCUT2D eigenvalue weighted by molar-refractivity contribution is 6.30. The van der Waals surface area contributed by atoms with Crippen molar-refractivity contribution < 1.29 is 9.53 Å². The predicted octanol–water partition coefficient (Wildman–Crippen LogP) is 4.43. The van der Waals surface area contributed by atoms with Crippen LogP contribution in [0.2, 0.25) is 5.02 Å². The average molecular weight is 442 g/mol. The van der Waals surface area contributed by atoms with E-state index in [0.717, 1.165) is 62.4 Å². The van der Waals surface area contributed by atoms with Crippen molar-refractivity contribution in [3.63, 3.8) is 0 Å². The Hall–Kier alpha value is -2.08. The fourth-order valence-corrected chi connectivity index (χ4v) is 5.22. The van der Waals surface area contributed by atoms with Crippen LogP contribution in [-0.2, 0) is 16.8 Å². The summed E-state index contributed by atoms with van der Waals surface area (Å²) in [6.07, 6.45) is 4.20. The summed E-state index contributed by atoms with van der Waals surface area (Å²) >= 11 is 6.24. The van der Waals surface area contributed by atoms with Crippen molar-refractivity contribution in [3.8, 4) is 0 Å². The maximum Gasteiger partial charge on any atom is 0.410 e. The minimum Gasteiger partial charge on any atom is -0.445 e. The van der Waals surface area contributed by atoms with Crippen molar-refractivity contribution in [2.45, 2.75) is 43.7 Å². The van der Waals surface area contributed by atoms with Gasteiger partial charge < -0.3 is 15.4 Å². The van der Waals surface area contributed by atoms with E-state index in [0.29, 0.717) is 19.2 Å². The van der Waals surface area contributed by atoms with E-state index in [1.807, 2.05) is 47.4 Å². The molecule has 31 heavy (non-hydrogen) atoms. The van der Waals surface area contributed by atoms with E-state index in [1.54, 1.807) is 0 Å². The maximum absolute atomic E-state index is 12.4. The molecule has 1 aliphatic carbocycles. The lowest BCUT2D eigenvalue weighted by Gasteiger charge is -2.45. The monoisotopic (exact) mass is 441 g/mol. The summed E-state index contributed by atoms with van der Waals surface area (Å²) in [5, 5.41) is 0.780. The first-order valence-corrected chi connectivity index (χ1v) is 11.6. The largest absolute Gasteiger partial charge is 0.445 e. The Morgan fingerprint density at radius 3 is 2.39 bits per heavy atom. The molecule has 0 atom stereocenters. The minimum absolute atomic E-state index is 0.0322. The number of nitrogens with zero attached hydrogens (tertiary/aromatic N) is 2. The summed E-state index contributed by atoms with van der Waals surface area (Å²) in [4.78, 5) is 16.8. The quantitative estimate of drug-likeness (QED) is 0.745. The molecular formula is C25H32ClN3O2. The number of amides is 1. The molecule has 1 aliphatic heterocycles. The highest BCUT2D eigenvalue weighted by atomic mass is 35.5. The molecule has 0 aromatic heterocycles. The van der Waals surface area contributed by atoms with E-state index >= 15 is 0 Å². The molecule has 0 bridgehead atoms.